The molecule has 1 atom stereocenters. The molecule has 0 heterocycles. The number of aliphatic imine (C=N–C) groups is 1. The van der Waals surface area contributed by atoms with Crippen molar-refractivity contribution >= 4 is 29.8 Å². The van der Waals surface area contributed by atoms with Crippen LogP contribution in [-0.2, 0) is 19.3 Å². The van der Waals surface area contributed by atoms with Gasteiger partial charge in [0.25, 0.3) is 0 Å². The van der Waals surface area contributed by atoms with Crippen LogP contribution in [0.15, 0.2) is 15.3 Å². The lowest BCUT2D eigenvalue weighted by Crippen LogP contribution is -2.32. The summed E-state index contributed by atoms with van der Waals surface area (Å²) in [5, 5.41) is 5.97. The minimum absolute atomic E-state index is 0.466. The van der Waals surface area contributed by atoms with Crippen LogP contribution in [0.3, 0.4) is 0 Å². The maximum absolute atomic E-state index is 11.5. The standard InChI is InChI=1S/C7H15N9O4/c8-5(9)14-2(4(18)20-16-7(12)13)1-3(17)19-15-6(10)11/h2H,1H2,(H4,8,9,14)(H4,10,11,15)(H4,12,13,16). The topological polar surface area (TPSA) is 246 Å². The van der Waals surface area contributed by atoms with Gasteiger partial charge in [0, 0.05) is 0 Å². The van der Waals surface area contributed by atoms with E-state index in [0.29, 0.717) is 0 Å². The van der Waals surface area contributed by atoms with E-state index in [2.05, 4.69) is 25.0 Å². The first kappa shape index (κ1) is 16.8. The van der Waals surface area contributed by atoms with E-state index in [1.807, 2.05) is 0 Å². The highest BCUT2D eigenvalue weighted by atomic mass is 16.7. The Morgan fingerprint density at radius 3 is 1.80 bits per heavy atom. The lowest BCUT2D eigenvalue weighted by molar-refractivity contribution is -0.151. The Kier molecular flexibility index (Phi) is 6.67. The van der Waals surface area contributed by atoms with Crippen molar-refractivity contribution in [1.29, 1.82) is 0 Å². The smallest absolute Gasteiger partial charge is 0.360 e. The van der Waals surface area contributed by atoms with Gasteiger partial charge in [-0.25, -0.2) is 14.6 Å². The van der Waals surface area contributed by atoms with Crippen LogP contribution in [0.5, 0.6) is 0 Å². The molecule has 0 radical (unpaired) electrons. The number of hydrogen-bond donors (Lipinski definition) is 6. The number of nitrogens with zero attached hydrogens (tertiary/aromatic N) is 3. The van der Waals surface area contributed by atoms with E-state index in [1.165, 1.54) is 0 Å². The molecule has 0 rings (SSSR count). The number of guanidine groups is 3. The lowest BCUT2D eigenvalue weighted by atomic mass is 10.2. The molecule has 13 nitrogen and oxygen atoms in total. The molecule has 112 valence electrons. The molecule has 0 saturated carbocycles. The highest BCUT2D eigenvalue weighted by Gasteiger charge is 2.25. The molecule has 0 aliphatic rings. The van der Waals surface area contributed by atoms with Crippen molar-refractivity contribution in [2.24, 2.45) is 49.7 Å². The normalized spacial score (nSPS) is 10.6. The molecule has 0 aliphatic heterocycles. The molecule has 20 heavy (non-hydrogen) atoms. The largest absolute Gasteiger partial charge is 0.370 e. The van der Waals surface area contributed by atoms with Crippen LogP contribution in [0.4, 0.5) is 0 Å². The van der Waals surface area contributed by atoms with Crippen molar-refractivity contribution in [3.05, 3.63) is 0 Å². The van der Waals surface area contributed by atoms with Gasteiger partial charge in [0.2, 0.25) is 11.9 Å². The van der Waals surface area contributed by atoms with E-state index in [-0.39, 0.29) is 0 Å². The Bertz CT molecular complexity index is 445. The lowest BCUT2D eigenvalue weighted by Gasteiger charge is -2.07. The SMILES string of the molecule is NC(N)=NOC(=O)CC(N=C(N)N)C(=O)ON=C(N)N. The first-order chi connectivity index (χ1) is 9.22. The fraction of sp³-hybridized carbons (Fsp3) is 0.286. The zero-order chi connectivity index (χ0) is 15.7. The van der Waals surface area contributed by atoms with Crippen molar-refractivity contribution in [3.63, 3.8) is 0 Å². The van der Waals surface area contributed by atoms with Crippen molar-refractivity contribution < 1.29 is 19.3 Å². The van der Waals surface area contributed by atoms with Crippen LogP contribution < -0.4 is 34.4 Å². The van der Waals surface area contributed by atoms with E-state index in [1.54, 1.807) is 0 Å². The van der Waals surface area contributed by atoms with E-state index in [4.69, 9.17) is 34.4 Å². The molecule has 0 saturated heterocycles. The Hall–Kier alpha value is -3.25. The summed E-state index contributed by atoms with van der Waals surface area (Å²) in [6.45, 7) is 0. The van der Waals surface area contributed by atoms with Gasteiger partial charge in [-0.2, -0.15) is 0 Å². The fourth-order valence-corrected chi connectivity index (χ4v) is 0.819. The second-order valence-electron chi connectivity index (χ2n) is 3.18. The van der Waals surface area contributed by atoms with Gasteiger partial charge in [-0.05, 0) is 10.3 Å². The molecule has 0 amide bonds. The maximum atomic E-state index is 11.5. The molecule has 0 aromatic carbocycles. The monoisotopic (exact) mass is 289 g/mol. The first-order valence-corrected chi connectivity index (χ1v) is 4.89. The summed E-state index contributed by atoms with van der Waals surface area (Å²) in [6.07, 6.45) is -0.604. The summed E-state index contributed by atoms with van der Waals surface area (Å²) in [6, 6.07) is -1.43. The number of rotatable bonds is 6. The molecule has 0 aliphatic carbocycles. The van der Waals surface area contributed by atoms with Gasteiger partial charge in [0.1, 0.15) is 0 Å². The minimum Gasteiger partial charge on any atom is -0.370 e. The second kappa shape index (κ2) is 7.96. The van der Waals surface area contributed by atoms with Gasteiger partial charge in [0.05, 0.1) is 6.42 Å². The van der Waals surface area contributed by atoms with Gasteiger partial charge >= 0.3 is 11.9 Å². The van der Waals surface area contributed by atoms with E-state index >= 15 is 0 Å². The Morgan fingerprint density at radius 2 is 1.35 bits per heavy atom. The Balaban J connectivity index is 4.77. The second-order valence-corrected chi connectivity index (χ2v) is 3.18. The first-order valence-electron chi connectivity index (χ1n) is 4.89. The average molecular weight is 289 g/mol. The third-order valence-electron chi connectivity index (χ3n) is 1.43. The highest BCUT2D eigenvalue weighted by molar-refractivity contribution is 5.87. The molecule has 0 fully saturated rings. The van der Waals surface area contributed by atoms with Crippen LogP contribution in [0.1, 0.15) is 6.42 Å². The van der Waals surface area contributed by atoms with Crippen LogP contribution in [-0.4, -0.2) is 35.9 Å². The Morgan fingerprint density at radius 1 is 0.850 bits per heavy atom. The quantitative estimate of drug-likeness (QED) is 0.118. The molecule has 13 heteroatoms. The Labute approximate surface area is 112 Å². The van der Waals surface area contributed by atoms with Crippen molar-refractivity contribution in [1.82, 2.24) is 0 Å². The average Bonchev–Trinajstić information content (AvgIpc) is 2.32. The van der Waals surface area contributed by atoms with Crippen LogP contribution in [0.2, 0.25) is 0 Å². The van der Waals surface area contributed by atoms with Gasteiger partial charge in [-0.3, -0.25) is 0 Å². The molecular formula is C7H15N9O4. The van der Waals surface area contributed by atoms with Gasteiger partial charge < -0.3 is 44.1 Å². The zero-order valence-electron chi connectivity index (χ0n) is 10.2. The van der Waals surface area contributed by atoms with Gasteiger partial charge in [0.15, 0.2) is 12.0 Å². The predicted molar refractivity (Wildman–Crippen MR) is 68.0 cm³/mol. The van der Waals surface area contributed by atoms with E-state index < -0.39 is 42.3 Å². The van der Waals surface area contributed by atoms with Crippen LogP contribution in [0, 0.1) is 0 Å². The van der Waals surface area contributed by atoms with E-state index in [9.17, 15) is 9.59 Å². The number of nitrogens with two attached hydrogens (primary N) is 6. The number of carbonyl (C=O) groups excluding carboxylic acids is 2. The number of carbonyl (C=O) groups is 2. The summed E-state index contributed by atoms with van der Waals surface area (Å²) in [5.74, 6) is -3.54. The fourth-order valence-electron chi connectivity index (χ4n) is 0.819. The molecule has 0 aromatic heterocycles. The van der Waals surface area contributed by atoms with Gasteiger partial charge in [-0.15, -0.1) is 0 Å². The predicted octanol–water partition coefficient (Wildman–Crippen LogP) is -4.52. The third kappa shape index (κ3) is 7.93. The molecule has 0 bridgehead atoms. The third-order valence-corrected chi connectivity index (χ3v) is 1.43. The van der Waals surface area contributed by atoms with Crippen LogP contribution in [0.25, 0.3) is 0 Å². The van der Waals surface area contributed by atoms with Crippen molar-refractivity contribution in [3.8, 4) is 0 Å². The summed E-state index contributed by atoms with van der Waals surface area (Å²) < 4.78 is 0. The molecule has 12 N–H and O–H groups in total. The number of oxime groups is 2. The van der Waals surface area contributed by atoms with Gasteiger partial charge in [-0.1, -0.05) is 0 Å². The summed E-state index contributed by atoms with van der Waals surface area (Å²) >= 11 is 0. The molecule has 1 unspecified atom stereocenters. The molecule has 0 spiro atoms. The van der Waals surface area contributed by atoms with E-state index in [0.717, 1.165) is 0 Å². The summed E-state index contributed by atoms with van der Waals surface area (Å²) in [4.78, 5) is 34.8. The minimum atomic E-state index is -1.43. The summed E-state index contributed by atoms with van der Waals surface area (Å²) in [7, 11) is 0. The number of hydrogen-bond acceptors (Lipinski definition) is 7. The highest BCUT2D eigenvalue weighted by Crippen LogP contribution is 2.04. The molecular weight excluding hydrogens is 274 g/mol. The van der Waals surface area contributed by atoms with Crippen molar-refractivity contribution in [2.45, 2.75) is 12.5 Å². The van der Waals surface area contributed by atoms with Crippen molar-refractivity contribution in [2.75, 3.05) is 0 Å². The van der Waals surface area contributed by atoms with Crippen LogP contribution >= 0.6 is 0 Å². The summed E-state index contributed by atoms with van der Waals surface area (Å²) in [5.41, 5.74) is 30.0. The molecule has 0 aromatic rings. The zero-order valence-corrected chi connectivity index (χ0v) is 10.2. The maximum Gasteiger partial charge on any atom is 0.360 e.